The highest BCUT2D eigenvalue weighted by Crippen LogP contribution is 2.25. The number of ether oxygens (including phenoxy) is 1. The Morgan fingerprint density at radius 1 is 1.18 bits per heavy atom. The second kappa shape index (κ2) is 6.28. The molecule has 6 nitrogen and oxygen atoms in total. The highest BCUT2D eigenvalue weighted by molar-refractivity contribution is 7.92. The van der Waals surface area contributed by atoms with Crippen LogP contribution in [-0.2, 0) is 14.8 Å². The number of hydrogen-bond acceptors (Lipinski definition) is 5. The van der Waals surface area contributed by atoms with E-state index in [0.717, 1.165) is 0 Å². The summed E-state index contributed by atoms with van der Waals surface area (Å²) in [5.74, 6) is -4.57. The van der Waals surface area contributed by atoms with Crippen LogP contribution in [-0.4, -0.2) is 32.5 Å². The summed E-state index contributed by atoms with van der Waals surface area (Å²) >= 11 is 0. The highest BCUT2D eigenvalue weighted by atomic mass is 32.2. The number of aromatic nitrogens is 2. The molecule has 1 heterocycles. The quantitative estimate of drug-likeness (QED) is 0.615. The molecule has 22 heavy (non-hydrogen) atoms. The molecule has 0 atom stereocenters. The van der Waals surface area contributed by atoms with Gasteiger partial charge >= 0.3 is 0 Å². The van der Waals surface area contributed by atoms with Crippen molar-refractivity contribution >= 4 is 15.8 Å². The number of halogens is 3. The van der Waals surface area contributed by atoms with Crippen LogP contribution in [0.5, 0.6) is 0 Å². The molecule has 0 aliphatic heterocycles. The van der Waals surface area contributed by atoms with Gasteiger partial charge in [0.1, 0.15) is 17.4 Å². The zero-order chi connectivity index (χ0) is 16.3. The van der Waals surface area contributed by atoms with Crippen LogP contribution in [0.1, 0.15) is 0 Å². The van der Waals surface area contributed by atoms with Crippen molar-refractivity contribution in [1.29, 1.82) is 0 Å². The van der Waals surface area contributed by atoms with Crippen molar-refractivity contribution in [1.82, 2.24) is 10.2 Å². The lowest BCUT2D eigenvalue weighted by Crippen LogP contribution is -2.34. The van der Waals surface area contributed by atoms with Gasteiger partial charge in [-0.15, -0.1) is 5.10 Å². The van der Waals surface area contributed by atoms with Crippen LogP contribution in [0.25, 0.3) is 0 Å². The zero-order valence-corrected chi connectivity index (χ0v) is 12.0. The van der Waals surface area contributed by atoms with Gasteiger partial charge in [-0.05, 0) is 12.1 Å². The second-order valence-electron chi connectivity index (χ2n) is 4.05. The molecule has 0 N–H and O–H groups in total. The highest BCUT2D eigenvalue weighted by Gasteiger charge is 2.30. The molecule has 2 aromatic rings. The molecule has 0 spiro atoms. The Labute approximate surface area is 124 Å². The summed E-state index contributed by atoms with van der Waals surface area (Å²) in [7, 11) is -3.35. The SMILES string of the molecule is COCN(c1cccnn1)S(=O)(=O)c1cc(F)c(F)cc1F. The van der Waals surface area contributed by atoms with Crippen LogP contribution >= 0.6 is 0 Å². The lowest BCUT2D eigenvalue weighted by Gasteiger charge is -2.22. The van der Waals surface area contributed by atoms with Gasteiger partial charge < -0.3 is 4.74 Å². The molecule has 0 radical (unpaired) electrons. The van der Waals surface area contributed by atoms with Gasteiger partial charge in [0.15, 0.2) is 17.5 Å². The molecule has 2 rings (SSSR count). The predicted molar refractivity (Wildman–Crippen MR) is 69.9 cm³/mol. The van der Waals surface area contributed by atoms with Crippen LogP contribution in [0.2, 0.25) is 0 Å². The molecule has 118 valence electrons. The minimum absolute atomic E-state index is 0.157. The summed E-state index contributed by atoms with van der Waals surface area (Å²) < 4.78 is 70.2. The molecule has 1 aromatic heterocycles. The fraction of sp³-hybridized carbons (Fsp3) is 0.167. The largest absolute Gasteiger partial charge is 0.363 e. The molecule has 0 saturated heterocycles. The van der Waals surface area contributed by atoms with Crippen molar-refractivity contribution in [2.45, 2.75) is 4.90 Å². The van der Waals surface area contributed by atoms with E-state index in [-0.39, 0.29) is 18.0 Å². The average molecular weight is 333 g/mol. The van der Waals surface area contributed by atoms with Gasteiger partial charge in [-0.1, -0.05) is 0 Å². The first kappa shape index (κ1) is 16.2. The van der Waals surface area contributed by atoms with E-state index in [1.165, 1.54) is 25.4 Å². The molecule has 0 aliphatic rings. The third kappa shape index (κ3) is 3.02. The third-order valence-corrected chi connectivity index (χ3v) is 4.34. The van der Waals surface area contributed by atoms with Crippen LogP contribution in [0, 0.1) is 17.5 Å². The van der Waals surface area contributed by atoms with E-state index in [1.807, 2.05) is 0 Å². The van der Waals surface area contributed by atoms with Crippen LogP contribution < -0.4 is 4.31 Å². The Hall–Kier alpha value is -2.20. The normalized spacial score (nSPS) is 11.5. The van der Waals surface area contributed by atoms with Gasteiger partial charge in [-0.3, -0.25) is 0 Å². The Balaban J connectivity index is 2.58. The van der Waals surface area contributed by atoms with Crippen LogP contribution in [0.4, 0.5) is 19.0 Å². The van der Waals surface area contributed by atoms with E-state index >= 15 is 0 Å². The summed E-state index contributed by atoms with van der Waals surface area (Å²) in [6.07, 6.45) is 1.30. The van der Waals surface area contributed by atoms with Crippen molar-refractivity contribution in [2.75, 3.05) is 18.1 Å². The minimum Gasteiger partial charge on any atom is -0.363 e. The van der Waals surface area contributed by atoms with E-state index in [9.17, 15) is 21.6 Å². The molecule has 0 fully saturated rings. The first-order valence-corrected chi connectivity index (χ1v) is 7.26. The summed E-state index contributed by atoms with van der Waals surface area (Å²) in [4.78, 5) is -1.03. The standard InChI is InChI=1S/C12H10F3N3O3S/c1-21-7-18(12-3-2-4-16-17-12)22(19,20)11-6-9(14)8(13)5-10(11)15/h2-6H,7H2,1H3. The number of sulfonamides is 1. The average Bonchev–Trinajstić information content (AvgIpc) is 2.49. The molecule has 10 heteroatoms. The number of methoxy groups -OCH3 is 1. The fourth-order valence-electron chi connectivity index (χ4n) is 1.62. The van der Waals surface area contributed by atoms with E-state index in [1.54, 1.807) is 0 Å². The van der Waals surface area contributed by atoms with Crippen molar-refractivity contribution in [2.24, 2.45) is 0 Å². The monoisotopic (exact) mass is 333 g/mol. The molecule has 1 aromatic carbocycles. The van der Waals surface area contributed by atoms with E-state index < -0.39 is 39.1 Å². The van der Waals surface area contributed by atoms with Gasteiger partial charge in [0, 0.05) is 25.4 Å². The summed E-state index contributed by atoms with van der Waals surface area (Å²) in [5.41, 5.74) is 0. The lowest BCUT2D eigenvalue weighted by molar-refractivity contribution is 0.209. The molecule has 0 amide bonds. The molecular formula is C12H10F3N3O3S. The van der Waals surface area contributed by atoms with Crippen molar-refractivity contribution < 1.29 is 26.3 Å². The Kier molecular flexibility index (Phi) is 4.62. The van der Waals surface area contributed by atoms with Gasteiger partial charge in [0.25, 0.3) is 10.0 Å². The van der Waals surface area contributed by atoms with E-state index in [4.69, 9.17) is 4.74 Å². The topological polar surface area (TPSA) is 72.4 Å². The third-order valence-electron chi connectivity index (χ3n) is 2.60. The number of nitrogens with zero attached hydrogens (tertiary/aromatic N) is 3. The van der Waals surface area contributed by atoms with Gasteiger partial charge in [0.2, 0.25) is 0 Å². The maximum Gasteiger partial charge on any atom is 0.270 e. The Bertz CT molecular complexity index is 772. The lowest BCUT2D eigenvalue weighted by atomic mass is 10.3. The van der Waals surface area contributed by atoms with Crippen LogP contribution in [0.3, 0.4) is 0 Å². The zero-order valence-electron chi connectivity index (χ0n) is 11.2. The first-order chi connectivity index (χ1) is 10.4. The smallest absolute Gasteiger partial charge is 0.270 e. The maximum atomic E-state index is 13.8. The summed E-state index contributed by atoms with van der Waals surface area (Å²) in [6, 6.07) is 3.12. The number of benzene rings is 1. The van der Waals surface area contributed by atoms with Gasteiger partial charge in [-0.2, -0.15) is 5.10 Å². The van der Waals surface area contributed by atoms with Crippen molar-refractivity contribution in [3.05, 3.63) is 47.9 Å². The van der Waals surface area contributed by atoms with Crippen molar-refractivity contribution in [3.63, 3.8) is 0 Å². The Morgan fingerprint density at radius 3 is 2.45 bits per heavy atom. The molecule has 0 aliphatic carbocycles. The Morgan fingerprint density at radius 2 is 1.86 bits per heavy atom. The minimum atomic E-state index is -4.56. The van der Waals surface area contributed by atoms with E-state index in [2.05, 4.69) is 10.2 Å². The van der Waals surface area contributed by atoms with Gasteiger partial charge in [0.05, 0.1) is 0 Å². The van der Waals surface area contributed by atoms with Crippen molar-refractivity contribution in [3.8, 4) is 0 Å². The number of hydrogen-bond donors (Lipinski definition) is 0. The fourth-order valence-corrected chi connectivity index (χ4v) is 3.01. The molecule has 0 saturated carbocycles. The van der Waals surface area contributed by atoms with E-state index in [0.29, 0.717) is 4.31 Å². The molecular weight excluding hydrogens is 323 g/mol. The molecule has 0 bridgehead atoms. The molecule has 0 unspecified atom stereocenters. The maximum absolute atomic E-state index is 13.8. The summed E-state index contributed by atoms with van der Waals surface area (Å²) in [6.45, 7) is -0.514. The number of anilines is 1. The summed E-state index contributed by atoms with van der Waals surface area (Å²) in [5, 5.41) is 7.10. The van der Waals surface area contributed by atoms with Crippen LogP contribution in [0.15, 0.2) is 35.4 Å². The number of rotatable bonds is 5. The predicted octanol–water partition coefficient (Wildman–Crippen LogP) is 1.69. The second-order valence-corrected chi connectivity index (χ2v) is 5.88. The van der Waals surface area contributed by atoms with Gasteiger partial charge in [-0.25, -0.2) is 25.9 Å². The first-order valence-electron chi connectivity index (χ1n) is 5.82.